The topological polar surface area (TPSA) is 27.7 Å². The van der Waals surface area contributed by atoms with Gasteiger partial charge in [0, 0.05) is 11.9 Å². The van der Waals surface area contributed by atoms with Crippen molar-refractivity contribution in [2.24, 2.45) is 5.92 Å². The van der Waals surface area contributed by atoms with E-state index in [1.807, 2.05) is 0 Å². The number of ether oxygens (including phenoxy) is 3. The Bertz CT molecular complexity index is 122. The van der Waals surface area contributed by atoms with Gasteiger partial charge in [-0.05, 0) is 5.92 Å². The predicted octanol–water partition coefficient (Wildman–Crippen LogP) is 2.48. The second kappa shape index (κ2) is 12.4. The van der Waals surface area contributed by atoms with Gasteiger partial charge in [-0.2, -0.15) is 0 Å². The summed E-state index contributed by atoms with van der Waals surface area (Å²) in [5.41, 5.74) is 0. The molecule has 0 aromatic carbocycles. The van der Waals surface area contributed by atoms with Gasteiger partial charge in [0.25, 0.3) is 0 Å². The van der Waals surface area contributed by atoms with Gasteiger partial charge < -0.3 is 14.2 Å². The maximum absolute atomic E-state index is 5.44. The van der Waals surface area contributed by atoms with Crippen molar-refractivity contribution in [3.8, 4) is 0 Å². The molecule has 0 bridgehead atoms. The molecule has 0 amide bonds. The molecule has 0 radical (unpaired) electrons. The van der Waals surface area contributed by atoms with Crippen molar-refractivity contribution in [2.45, 2.75) is 20.3 Å². The quantitative estimate of drug-likeness (QED) is 0.430. The first-order chi connectivity index (χ1) is 7.31. The number of hydrogen-bond acceptors (Lipinski definition) is 3. The first-order valence-electron chi connectivity index (χ1n) is 5.60. The largest absolute Gasteiger partial charge is 0.379 e. The second-order valence-electron chi connectivity index (χ2n) is 3.50. The highest BCUT2D eigenvalue weighted by Gasteiger charge is 1.97. The van der Waals surface area contributed by atoms with Crippen LogP contribution in [0.2, 0.25) is 0 Å². The van der Waals surface area contributed by atoms with Gasteiger partial charge in [0.2, 0.25) is 0 Å². The molecule has 1 atom stereocenters. The number of rotatable bonds is 11. The fourth-order valence-corrected chi connectivity index (χ4v) is 1.13. The Balaban J connectivity index is 2.92. The summed E-state index contributed by atoms with van der Waals surface area (Å²) in [6.07, 6.45) is 1.17. The lowest BCUT2D eigenvalue weighted by Crippen LogP contribution is -2.12. The molecular weight excluding hydrogens is 260 g/mol. The summed E-state index contributed by atoms with van der Waals surface area (Å²) in [4.78, 5) is 0. The van der Waals surface area contributed by atoms with Crippen LogP contribution in [0.4, 0.5) is 0 Å². The van der Waals surface area contributed by atoms with Crippen LogP contribution in [-0.4, -0.2) is 45.0 Å². The van der Waals surface area contributed by atoms with Crippen molar-refractivity contribution in [1.29, 1.82) is 0 Å². The summed E-state index contributed by atoms with van der Waals surface area (Å²) >= 11 is 3.29. The highest BCUT2D eigenvalue weighted by atomic mass is 79.9. The Hall–Kier alpha value is 0.360. The van der Waals surface area contributed by atoms with Gasteiger partial charge in [0.1, 0.15) is 0 Å². The lowest BCUT2D eigenvalue weighted by molar-refractivity contribution is 0.0107. The van der Waals surface area contributed by atoms with Crippen molar-refractivity contribution in [3.63, 3.8) is 0 Å². The molecule has 0 aliphatic rings. The lowest BCUT2D eigenvalue weighted by Gasteiger charge is -2.09. The molecule has 0 aliphatic heterocycles. The van der Waals surface area contributed by atoms with Gasteiger partial charge in [-0.1, -0.05) is 36.2 Å². The molecule has 0 spiro atoms. The SMILES string of the molecule is CCC(C)COCCOCCOCCBr. The zero-order valence-corrected chi connectivity index (χ0v) is 11.4. The number of halogens is 1. The first kappa shape index (κ1) is 15.4. The molecule has 0 aromatic rings. The van der Waals surface area contributed by atoms with E-state index in [4.69, 9.17) is 14.2 Å². The van der Waals surface area contributed by atoms with E-state index >= 15 is 0 Å². The van der Waals surface area contributed by atoms with Gasteiger partial charge in [0.05, 0.1) is 33.0 Å². The summed E-state index contributed by atoms with van der Waals surface area (Å²) in [7, 11) is 0. The van der Waals surface area contributed by atoms with Crippen LogP contribution in [0.25, 0.3) is 0 Å². The standard InChI is InChI=1S/C11H23BrO3/c1-3-11(2)10-15-9-8-14-7-6-13-5-4-12/h11H,3-10H2,1-2H3. The van der Waals surface area contributed by atoms with Gasteiger partial charge in [0.15, 0.2) is 0 Å². The smallest absolute Gasteiger partial charge is 0.0701 e. The monoisotopic (exact) mass is 282 g/mol. The van der Waals surface area contributed by atoms with E-state index in [0.29, 0.717) is 32.3 Å². The predicted molar refractivity (Wildman–Crippen MR) is 65.7 cm³/mol. The highest BCUT2D eigenvalue weighted by Crippen LogP contribution is 1.99. The van der Waals surface area contributed by atoms with Crippen molar-refractivity contribution in [3.05, 3.63) is 0 Å². The fraction of sp³-hybridized carbons (Fsp3) is 1.00. The van der Waals surface area contributed by atoms with Crippen molar-refractivity contribution in [1.82, 2.24) is 0 Å². The van der Waals surface area contributed by atoms with Crippen molar-refractivity contribution < 1.29 is 14.2 Å². The molecule has 1 unspecified atom stereocenters. The van der Waals surface area contributed by atoms with Crippen molar-refractivity contribution >= 4 is 15.9 Å². The third kappa shape index (κ3) is 12.3. The minimum atomic E-state index is 0.646. The van der Waals surface area contributed by atoms with Crippen LogP contribution in [0.3, 0.4) is 0 Å². The second-order valence-corrected chi connectivity index (χ2v) is 4.30. The van der Waals surface area contributed by atoms with Gasteiger partial charge in [-0.15, -0.1) is 0 Å². The Labute approximate surface area is 102 Å². The average Bonchev–Trinajstić information content (AvgIpc) is 2.26. The fourth-order valence-electron chi connectivity index (χ4n) is 0.897. The van der Waals surface area contributed by atoms with E-state index in [-0.39, 0.29) is 0 Å². The molecule has 0 fully saturated rings. The molecule has 0 aromatic heterocycles. The van der Waals surface area contributed by atoms with Crippen LogP contribution in [-0.2, 0) is 14.2 Å². The molecule has 3 nitrogen and oxygen atoms in total. The minimum Gasteiger partial charge on any atom is -0.379 e. The third-order valence-electron chi connectivity index (χ3n) is 2.06. The first-order valence-corrected chi connectivity index (χ1v) is 6.72. The van der Waals surface area contributed by atoms with E-state index < -0.39 is 0 Å². The molecule has 0 heterocycles. The number of hydrogen-bond donors (Lipinski definition) is 0. The summed E-state index contributed by atoms with van der Waals surface area (Å²) in [6, 6.07) is 0. The van der Waals surface area contributed by atoms with Crippen LogP contribution in [0.5, 0.6) is 0 Å². The van der Waals surface area contributed by atoms with Crippen LogP contribution >= 0.6 is 15.9 Å². The molecule has 0 rings (SSSR count). The number of alkyl halides is 1. The molecule has 4 heteroatoms. The highest BCUT2D eigenvalue weighted by molar-refractivity contribution is 9.09. The van der Waals surface area contributed by atoms with Gasteiger partial charge >= 0.3 is 0 Å². The van der Waals surface area contributed by atoms with E-state index in [0.717, 1.165) is 18.5 Å². The van der Waals surface area contributed by atoms with E-state index in [9.17, 15) is 0 Å². The normalized spacial score (nSPS) is 13.0. The van der Waals surface area contributed by atoms with Crippen LogP contribution < -0.4 is 0 Å². The van der Waals surface area contributed by atoms with E-state index in [1.165, 1.54) is 6.42 Å². The molecular formula is C11H23BrO3. The van der Waals surface area contributed by atoms with Crippen LogP contribution in [0.1, 0.15) is 20.3 Å². The minimum absolute atomic E-state index is 0.646. The van der Waals surface area contributed by atoms with Crippen LogP contribution in [0.15, 0.2) is 0 Å². The summed E-state index contributed by atoms with van der Waals surface area (Å²) in [5.74, 6) is 0.646. The maximum Gasteiger partial charge on any atom is 0.0701 e. The zero-order valence-electron chi connectivity index (χ0n) is 9.84. The molecule has 0 aliphatic carbocycles. The molecule has 0 saturated heterocycles. The van der Waals surface area contributed by atoms with Gasteiger partial charge in [-0.25, -0.2) is 0 Å². The van der Waals surface area contributed by atoms with E-state index in [2.05, 4.69) is 29.8 Å². The molecule has 0 saturated carbocycles. The maximum atomic E-state index is 5.44. The summed E-state index contributed by atoms with van der Waals surface area (Å²) < 4.78 is 16.0. The Morgan fingerprint density at radius 3 is 2.00 bits per heavy atom. The lowest BCUT2D eigenvalue weighted by atomic mass is 10.1. The van der Waals surface area contributed by atoms with Crippen LogP contribution in [0, 0.1) is 5.92 Å². The molecule has 0 N–H and O–H groups in total. The van der Waals surface area contributed by atoms with E-state index in [1.54, 1.807) is 0 Å². The average molecular weight is 283 g/mol. The molecule has 15 heavy (non-hydrogen) atoms. The van der Waals surface area contributed by atoms with Crippen molar-refractivity contribution in [2.75, 3.05) is 45.0 Å². The Morgan fingerprint density at radius 1 is 0.933 bits per heavy atom. The zero-order chi connectivity index (χ0) is 11.4. The summed E-state index contributed by atoms with van der Waals surface area (Å²) in [6.45, 7) is 8.60. The van der Waals surface area contributed by atoms with Gasteiger partial charge in [-0.3, -0.25) is 0 Å². The summed E-state index contributed by atoms with van der Waals surface area (Å²) in [5, 5.41) is 0.880. The molecule has 92 valence electrons. The Kier molecular flexibility index (Phi) is 12.7. The Morgan fingerprint density at radius 2 is 1.47 bits per heavy atom. The third-order valence-corrected chi connectivity index (χ3v) is 2.39.